The number of aryl methyl sites for hydroxylation is 1. The van der Waals surface area contributed by atoms with Crippen molar-refractivity contribution in [1.29, 1.82) is 0 Å². The van der Waals surface area contributed by atoms with Crippen molar-refractivity contribution in [3.63, 3.8) is 0 Å². The lowest BCUT2D eigenvalue weighted by molar-refractivity contribution is 0.714. The van der Waals surface area contributed by atoms with Gasteiger partial charge in [-0.25, -0.2) is 0 Å². The van der Waals surface area contributed by atoms with E-state index in [4.69, 9.17) is 5.73 Å². The zero-order valence-electron chi connectivity index (χ0n) is 7.75. The molecule has 4 nitrogen and oxygen atoms in total. The zero-order valence-corrected chi connectivity index (χ0v) is 7.75. The third-order valence-electron chi connectivity index (χ3n) is 2.34. The van der Waals surface area contributed by atoms with Gasteiger partial charge in [-0.3, -0.25) is 4.68 Å². The quantitative estimate of drug-likeness (QED) is 0.653. The fourth-order valence-corrected chi connectivity index (χ4v) is 1.69. The van der Waals surface area contributed by atoms with Crippen molar-refractivity contribution in [2.24, 2.45) is 7.05 Å². The largest absolute Gasteiger partial charge is 0.396 e. The monoisotopic (exact) mass is 178 g/mol. The van der Waals surface area contributed by atoms with E-state index in [-0.39, 0.29) is 0 Å². The van der Waals surface area contributed by atoms with E-state index < -0.39 is 0 Å². The van der Waals surface area contributed by atoms with Crippen LogP contribution < -0.4 is 11.1 Å². The molecule has 1 aromatic rings. The second-order valence-electron chi connectivity index (χ2n) is 3.26. The molecule has 0 fully saturated rings. The van der Waals surface area contributed by atoms with E-state index in [1.807, 2.05) is 11.7 Å². The molecule has 0 atom stereocenters. The lowest BCUT2D eigenvalue weighted by atomic mass is 10.1. The minimum absolute atomic E-state index is 0.774. The van der Waals surface area contributed by atoms with Gasteiger partial charge in [0.15, 0.2) is 0 Å². The van der Waals surface area contributed by atoms with Gasteiger partial charge in [-0.15, -0.1) is 0 Å². The molecule has 0 bridgehead atoms. The molecule has 2 heterocycles. The van der Waals surface area contributed by atoms with Crippen molar-refractivity contribution >= 4 is 11.3 Å². The number of nitrogens with zero attached hydrogens (tertiary/aromatic N) is 2. The number of nitrogen functional groups attached to an aromatic ring is 1. The molecule has 4 heteroatoms. The Labute approximate surface area is 77.4 Å². The first-order valence-electron chi connectivity index (χ1n) is 4.46. The van der Waals surface area contributed by atoms with Gasteiger partial charge in [0.2, 0.25) is 0 Å². The molecule has 2 rings (SSSR count). The molecule has 0 saturated heterocycles. The maximum absolute atomic E-state index is 5.83. The van der Waals surface area contributed by atoms with Gasteiger partial charge in [-0.05, 0) is 18.5 Å². The summed E-state index contributed by atoms with van der Waals surface area (Å²) < 4.78 is 1.84. The number of hydrogen-bond acceptors (Lipinski definition) is 3. The van der Waals surface area contributed by atoms with Gasteiger partial charge in [0.1, 0.15) is 0 Å². The Balaban J connectivity index is 2.38. The molecular weight excluding hydrogens is 164 g/mol. The van der Waals surface area contributed by atoms with Crippen LogP contribution in [0.1, 0.15) is 12.1 Å². The van der Waals surface area contributed by atoms with Crippen molar-refractivity contribution < 1.29 is 0 Å². The second-order valence-corrected chi connectivity index (χ2v) is 3.26. The average molecular weight is 178 g/mol. The average Bonchev–Trinajstić information content (AvgIpc) is 2.48. The van der Waals surface area contributed by atoms with Crippen molar-refractivity contribution in [2.45, 2.75) is 6.42 Å². The smallest absolute Gasteiger partial charge is 0.0866 e. The highest BCUT2D eigenvalue weighted by molar-refractivity contribution is 5.72. The first-order valence-corrected chi connectivity index (χ1v) is 4.46. The van der Waals surface area contributed by atoms with Gasteiger partial charge in [0.25, 0.3) is 0 Å². The molecular formula is C9H14N4. The fourth-order valence-electron chi connectivity index (χ4n) is 1.69. The van der Waals surface area contributed by atoms with Gasteiger partial charge >= 0.3 is 0 Å². The number of nitrogens with two attached hydrogens (primary N) is 1. The summed E-state index contributed by atoms with van der Waals surface area (Å²) in [6.45, 7) is 1.95. The third-order valence-corrected chi connectivity index (χ3v) is 2.34. The molecule has 13 heavy (non-hydrogen) atoms. The number of nitrogens with one attached hydrogen (secondary N) is 1. The molecule has 0 aromatic carbocycles. The topological polar surface area (TPSA) is 55.9 Å². The van der Waals surface area contributed by atoms with Crippen LogP contribution in [-0.4, -0.2) is 22.9 Å². The molecule has 0 spiro atoms. The van der Waals surface area contributed by atoms with E-state index in [1.165, 1.54) is 5.57 Å². The molecule has 1 aromatic heterocycles. The standard InChI is InChI=1S/C9H14N4/c1-13-9(8(10)6-12-13)7-2-4-11-5-3-7/h2,6,11H,3-5,10H2,1H3. The number of aromatic nitrogens is 2. The molecule has 3 N–H and O–H groups in total. The summed E-state index contributed by atoms with van der Waals surface area (Å²) in [5.41, 5.74) is 8.97. The maximum atomic E-state index is 5.83. The van der Waals surface area contributed by atoms with Crippen LogP contribution in [0.3, 0.4) is 0 Å². The maximum Gasteiger partial charge on any atom is 0.0866 e. The Morgan fingerprint density at radius 1 is 1.62 bits per heavy atom. The zero-order chi connectivity index (χ0) is 9.26. The van der Waals surface area contributed by atoms with Crippen LogP contribution in [0.25, 0.3) is 5.57 Å². The highest BCUT2D eigenvalue weighted by Gasteiger charge is 2.12. The fraction of sp³-hybridized carbons (Fsp3) is 0.444. The van der Waals surface area contributed by atoms with E-state index in [0.29, 0.717) is 0 Å². The highest BCUT2D eigenvalue weighted by atomic mass is 15.3. The Morgan fingerprint density at radius 2 is 2.46 bits per heavy atom. The summed E-state index contributed by atoms with van der Waals surface area (Å²) in [4.78, 5) is 0. The van der Waals surface area contributed by atoms with Crippen molar-refractivity contribution in [2.75, 3.05) is 18.8 Å². The lowest BCUT2D eigenvalue weighted by Crippen LogP contribution is -2.21. The Morgan fingerprint density at radius 3 is 3.00 bits per heavy atom. The second kappa shape index (κ2) is 3.22. The summed E-state index contributed by atoms with van der Waals surface area (Å²) in [6.07, 6.45) is 4.92. The van der Waals surface area contributed by atoms with Gasteiger partial charge in [-0.1, -0.05) is 6.08 Å². The van der Waals surface area contributed by atoms with Crippen LogP contribution in [0.4, 0.5) is 5.69 Å². The van der Waals surface area contributed by atoms with E-state index in [9.17, 15) is 0 Å². The highest BCUT2D eigenvalue weighted by Crippen LogP contribution is 2.23. The summed E-state index contributed by atoms with van der Waals surface area (Å²) >= 11 is 0. The SMILES string of the molecule is Cn1ncc(N)c1C1=CCNCC1. The first-order chi connectivity index (χ1) is 6.29. The molecule has 1 aliphatic heterocycles. The predicted molar refractivity (Wildman–Crippen MR) is 53.1 cm³/mol. The minimum Gasteiger partial charge on any atom is -0.396 e. The Bertz CT molecular complexity index is 318. The van der Waals surface area contributed by atoms with Crippen molar-refractivity contribution in [1.82, 2.24) is 15.1 Å². The molecule has 0 saturated carbocycles. The summed E-state index contributed by atoms with van der Waals surface area (Å²) in [5, 5.41) is 7.39. The summed E-state index contributed by atoms with van der Waals surface area (Å²) in [6, 6.07) is 0. The van der Waals surface area contributed by atoms with Crippen molar-refractivity contribution in [3.05, 3.63) is 18.0 Å². The van der Waals surface area contributed by atoms with Gasteiger partial charge in [0, 0.05) is 13.6 Å². The molecule has 1 aliphatic rings. The molecule has 0 radical (unpaired) electrons. The molecule has 0 amide bonds. The van der Waals surface area contributed by atoms with Gasteiger partial charge in [-0.2, -0.15) is 5.10 Å². The van der Waals surface area contributed by atoms with E-state index in [1.54, 1.807) is 6.20 Å². The van der Waals surface area contributed by atoms with Crippen LogP contribution >= 0.6 is 0 Å². The number of hydrogen-bond donors (Lipinski definition) is 2. The molecule has 70 valence electrons. The van der Waals surface area contributed by atoms with Crippen LogP contribution in [-0.2, 0) is 7.05 Å². The third kappa shape index (κ3) is 1.45. The summed E-state index contributed by atoms with van der Waals surface area (Å²) in [5.74, 6) is 0. The Kier molecular flexibility index (Phi) is 2.06. The lowest BCUT2D eigenvalue weighted by Gasteiger charge is -2.14. The van der Waals surface area contributed by atoms with Crippen LogP contribution in [0.15, 0.2) is 12.3 Å². The first kappa shape index (κ1) is 8.31. The van der Waals surface area contributed by atoms with E-state index >= 15 is 0 Å². The molecule has 0 unspecified atom stereocenters. The predicted octanol–water partition coefficient (Wildman–Crippen LogP) is 0.379. The number of anilines is 1. The minimum atomic E-state index is 0.774. The normalized spacial score (nSPS) is 17.2. The van der Waals surface area contributed by atoms with Crippen LogP contribution in [0.2, 0.25) is 0 Å². The Hall–Kier alpha value is -1.29. The number of rotatable bonds is 1. The summed E-state index contributed by atoms with van der Waals surface area (Å²) in [7, 11) is 1.93. The van der Waals surface area contributed by atoms with Crippen LogP contribution in [0, 0.1) is 0 Å². The van der Waals surface area contributed by atoms with Gasteiger partial charge < -0.3 is 11.1 Å². The van der Waals surface area contributed by atoms with Gasteiger partial charge in [0.05, 0.1) is 17.6 Å². The molecule has 0 aliphatic carbocycles. The van der Waals surface area contributed by atoms with Crippen molar-refractivity contribution in [3.8, 4) is 0 Å². The van der Waals surface area contributed by atoms with E-state index in [0.717, 1.165) is 30.9 Å². The van der Waals surface area contributed by atoms with Crippen LogP contribution in [0.5, 0.6) is 0 Å². The van der Waals surface area contributed by atoms with E-state index in [2.05, 4.69) is 16.5 Å².